The van der Waals surface area contributed by atoms with Crippen LogP contribution in [0.2, 0.25) is 0 Å². The Balaban J connectivity index is 1.89. The quantitative estimate of drug-likeness (QED) is 0.0714. The van der Waals surface area contributed by atoms with Gasteiger partial charge in [-0.25, -0.2) is 18.8 Å². The Morgan fingerprint density at radius 2 is 1.42 bits per heavy atom. The van der Waals surface area contributed by atoms with Crippen LogP contribution < -0.4 is 9.47 Å². The van der Waals surface area contributed by atoms with E-state index >= 15 is 4.39 Å². The smallest absolute Gasteiger partial charge is 0.492 e. The molecule has 244 valence electrons. The van der Waals surface area contributed by atoms with Crippen LogP contribution in [0.15, 0.2) is 54.6 Å². The van der Waals surface area contributed by atoms with Gasteiger partial charge < -0.3 is 28.4 Å². The molecule has 0 aromatic heterocycles. The largest absolute Gasteiger partial charge is 0.508 e. The highest BCUT2D eigenvalue weighted by molar-refractivity contribution is 5.87. The van der Waals surface area contributed by atoms with Crippen molar-refractivity contribution < 1.29 is 47.2 Å². The Labute approximate surface area is 264 Å². The third-order valence-corrected chi connectivity index (χ3v) is 7.02. The van der Waals surface area contributed by atoms with E-state index in [2.05, 4.69) is 20.1 Å². The van der Waals surface area contributed by atoms with Crippen LogP contribution in [-0.4, -0.2) is 44.5 Å². The van der Waals surface area contributed by atoms with Crippen LogP contribution in [0.4, 0.5) is 9.18 Å². The lowest BCUT2D eigenvalue weighted by atomic mass is 9.98. The Hall–Kier alpha value is -4.34. The summed E-state index contributed by atoms with van der Waals surface area (Å²) in [5.74, 6) is -1.53. The maximum absolute atomic E-state index is 15.2. The van der Waals surface area contributed by atoms with Crippen LogP contribution in [0.1, 0.15) is 70.4 Å². The van der Waals surface area contributed by atoms with Gasteiger partial charge in [-0.1, -0.05) is 58.3 Å². The lowest BCUT2D eigenvalue weighted by Gasteiger charge is -2.24. The molecule has 9 nitrogen and oxygen atoms in total. The summed E-state index contributed by atoms with van der Waals surface area (Å²) in [6, 6.07) is 8.12. The summed E-state index contributed by atoms with van der Waals surface area (Å²) in [5, 5.41) is 0. The van der Waals surface area contributed by atoms with E-state index in [1.165, 1.54) is 39.2 Å². The van der Waals surface area contributed by atoms with Crippen molar-refractivity contribution in [3.8, 4) is 22.6 Å². The number of carbonyl (C=O) groups excluding carboxylic acids is 3. The van der Waals surface area contributed by atoms with Crippen LogP contribution in [0.25, 0.3) is 11.1 Å². The second-order valence-electron chi connectivity index (χ2n) is 11.1. The van der Waals surface area contributed by atoms with Crippen molar-refractivity contribution >= 4 is 18.1 Å². The van der Waals surface area contributed by atoms with Crippen LogP contribution in [0.3, 0.4) is 0 Å². The molecular weight excluding hydrogens is 583 g/mol. The van der Waals surface area contributed by atoms with Crippen molar-refractivity contribution in [1.82, 2.24) is 0 Å². The van der Waals surface area contributed by atoms with Gasteiger partial charge in [-0.2, -0.15) is 0 Å². The van der Waals surface area contributed by atoms with Gasteiger partial charge in [0.25, 0.3) is 0 Å². The van der Waals surface area contributed by atoms with E-state index in [4.69, 9.17) is 28.4 Å². The third-order valence-electron chi connectivity index (χ3n) is 7.02. The van der Waals surface area contributed by atoms with Crippen LogP contribution in [0.5, 0.6) is 11.5 Å². The second kappa shape index (κ2) is 17.8. The molecule has 1 aliphatic heterocycles. The first-order valence-electron chi connectivity index (χ1n) is 15.2. The fourth-order valence-electron chi connectivity index (χ4n) is 4.47. The molecule has 1 saturated heterocycles. The number of ether oxygens (including phenoxy) is 6. The summed E-state index contributed by atoms with van der Waals surface area (Å²) >= 11 is 0. The molecule has 0 amide bonds. The molecule has 0 N–H and O–H groups in total. The number of esters is 2. The predicted molar refractivity (Wildman–Crippen MR) is 166 cm³/mol. The molecule has 0 radical (unpaired) electrons. The Morgan fingerprint density at radius 1 is 0.844 bits per heavy atom. The lowest BCUT2D eigenvalue weighted by molar-refractivity contribution is -0.140. The van der Waals surface area contributed by atoms with Gasteiger partial charge in [0.15, 0.2) is 11.6 Å². The molecule has 45 heavy (non-hydrogen) atoms. The van der Waals surface area contributed by atoms with E-state index in [9.17, 15) is 14.4 Å². The Morgan fingerprint density at radius 3 is 1.98 bits per heavy atom. The van der Waals surface area contributed by atoms with Gasteiger partial charge in [0.05, 0.1) is 19.1 Å². The highest BCUT2D eigenvalue weighted by Gasteiger charge is 2.24. The summed E-state index contributed by atoms with van der Waals surface area (Å²) in [6.07, 6.45) is 5.85. The molecule has 10 heteroatoms. The zero-order valence-electron chi connectivity index (χ0n) is 26.4. The molecule has 0 atom stereocenters. The molecule has 0 bridgehead atoms. The first-order valence-corrected chi connectivity index (χ1v) is 15.2. The summed E-state index contributed by atoms with van der Waals surface area (Å²) in [6.45, 7) is 12.8. The first kappa shape index (κ1) is 35.1. The van der Waals surface area contributed by atoms with Crippen molar-refractivity contribution in [2.24, 2.45) is 5.92 Å². The van der Waals surface area contributed by atoms with Crippen molar-refractivity contribution in [3.05, 3.63) is 71.6 Å². The zero-order chi connectivity index (χ0) is 32.8. The molecule has 1 aliphatic rings. The number of hydrogen-bond acceptors (Lipinski definition) is 9. The normalized spacial score (nSPS) is 12.9. The molecular formula is C35H43FO9. The van der Waals surface area contributed by atoms with E-state index < -0.39 is 23.9 Å². The summed E-state index contributed by atoms with van der Waals surface area (Å²) in [7, 11) is 0. The van der Waals surface area contributed by atoms with Gasteiger partial charge in [0.2, 0.25) is 0 Å². The maximum atomic E-state index is 15.2. The number of rotatable bonds is 18. The number of benzene rings is 2. The average molecular weight is 627 g/mol. The Bertz CT molecular complexity index is 1310. The van der Waals surface area contributed by atoms with Crippen molar-refractivity contribution in [2.45, 2.75) is 72.5 Å². The maximum Gasteiger partial charge on any atom is 0.508 e. The minimum absolute atomic E-state index is 0.0920. The van der Waals surface area contributed by atoms with Crippen LogP contribution in [-0.2, 0) is 41.8 Å². The van der Waals surface area contributed by atoms with E-state index in [0.717, 1.165) is 19.3 Å². The van der Waals surface area contributed by atoms with Gasteiger partial charge >= 0.3 is 18.1 Å². The fourth-order valence-corrected chi connectivity index (χ4v) is 4.47. The van der Waals surface area contributed by atoms with Crippen molar-refractivity contribution in [3.63, 3.8) is 0 Å². The highest BCUT2D eigenvalue weighted by Crippen LogP contribution is 2.35. The van der Waals surface area contributed by atoms with Crippen molar-refractivity contribution in [1.29, 1.82) is 0 Å². The van der Waals surface area contributed by atoms with Crippen LogP contribution in [0, 0.1) is 11.7 Å². The summed E-state index contributed by atoms with van der Waals surface area (Å²) in [5.41, 5.74) is 2.41. The number of carbonyl (C=O) groups is 3. The summed E-state index contributed by atoms with van der Waals surface area (Å²) < 4.78 is 47.8. The van der Waals surface area contributed by atoms with Gasteiger partial charge in [0.1, 0.15) is 32.2 Å². The van der Waals surface area contributed by atoms with Crippen LogP contribution >= 0.6 is 0 Å². The molecule has 0 spiro atoms. The number of hydrogen-bond donors (Lipinski definition) is 0. The van der Waals surface area contributed by atoms with Gasteiger partial charge in [-0.15, -0.1) is 0 Å². The number of unbranched alkanes of at least 4 members (excludes halogenated alkanes) is 5. The number of halogens is 1. The van der Waals surface area contributed by atoms with E-state index in [1.54, 1.807) is 24.3 Å². The molecule has 1 fully saturated rings. The van der Waals surface area contributed by atoms with Crippen molar-refractivity contribution in [2.75, 3.05) is 26.4 Å². The van der Waals surface area contributed by atoms with Gasteiger partial charge in [-0.3, -0.25) is 0 Å². The Kier molecular flexibility index (Phi) is 13.9. The fraction of sp³-hybridized carbons (Fsp3) is 0.457. The van der Waals surface area contributed by atoms with Gasteiger partial charge in [-0.05, 0) is 55.7 Å². The van der Waals surface area contributed by atoms with Gasteiger partial charge in [0, 0.05) is 22.3 Å². The molecule has 0 aliphatic carbocycles. The average Bonchev–Trinajstić information content (AvgIpc) is 3.02. The highest BCUT2D eigenvalue weighted by atomic mass is 19.1. The second-order valence-corrected chi connectivity index (χ2v) is 11.1. The first-order chi connectivity index (χ1) is 21.6. The van der Waals surface area contributed by atoms with E-state index in [1.807, 2.05) is 0 Å². The monoisotopic (exact) mass is 626 g/mol. The summed E-state index contributed by atoms with van der Waals surface area (Å²) in [4.78, 5) is 35.9. The zero-order valence-corrected chi connectivity index (χ0v) is 26.4. The van der Waals surface area contributed by atoms with E-state index in [0.29, 0.717) is 34.6 Å². The predicted octanol–water partition coefficient (Wildman–Crippen LogP) is 7.63. The minimum Gasteiger partial charge on any atom is -0.492 e. The SMILES string of the molecule is C=C(C)C(=O)OCc1cc(-c2ccc(OCCCCCCCC)c(F)c2)cc(COC(=O)C(=C)C)c1OCC1COC(=O)OC1. The molecule has 2 aromatic rings. The molecule has 2 aromatic carbocycles. The van der Waals surface area contributed by atoms with E-state index in [-0.39, 0.29) is 55.8 Å². The standard InChI is InChI=1S/C35H43FO9/c1-6-7-8-9-10-11-14-40-31-13-12-26(17-30(31)36)27-15-28(21-42-33(37)23(2)3)32(29(16-27)22-43-34(38)24(4)5)41-18-25-19-44-35(39)45-20-25/h12-13,15-17,25H,2,4,6-11,14,18-22H2,1,3,5H3. The topological polar surface area (TPSA) is 107 Å². The molecule has 3 rings (SSSR count). The minimum atomic E-state index is -0.749. The molecule has 0 unspecified atom stereocenters. The molecule has 0 saturated carbocycles. The lowest BCUT2D eigenvalue weighted by Crippen LogP contribution is -2.31. The third kappa shape index (κ3) is 11.3. The number of cyclic esters (lactones) is 2. The molecule has 1 heterocycles.